The van der Waals surface area contributed by atoms with Crippen molar-refractivity contribution < 1.29 is 0 Å². The zero-order chi connectivity index (χ0) is 12.7. The second-order valence-corrected chi connectivity index (χ2v) is 5.03. The van der Waals surface area contributed by atoms with E-state index in [4.69, 9.17) is 0 Å². The Morgan fingerprint density at radius 3 is 2.00 bits per heavy atom. The molecule has 18 heavy (non-hydrogen) atoms. The molecule has 0 radical (unpaired) electrons. The van der Waals surface area contributed by atoms with E-state index in [1.54, 1.807) is 0 Å². The third-order valence-electron chi connectivity index (χ3n) is 4.08. The van der Waals surface area contributed by atoms with E-state index < -0.39 is 0 Å². The molecule has 0 atom stereocenters. The van der Waals surface area contributed by atoms with Crippen LogP contribution in [-0.4, -0.2) is 0 Å². The number of fused-ring (bicyclic) bond motifs is 3. The fourth-order valence-corrected chi connectivity index (χ4v) is 2.81. The van der Waals surface area contributed by atoms with Gasteiger partial charge in [-0.3, -0.25) is 0 Å². The smallest absolute Gasteiger partial charge is 0.00998 e. The van der Waals surface area contributed by atoms with Gasteiger partial charge in [-0.05, 0) is 58.5 Å². The lowest BCUT2D eigenvalue weighted by Crippen LogP contribution is -1.89. The van der Waals surface area contributed by atoms with Crippen LogP contribution in [0.2, 0.25) is 0 Å². The van der Waals surface area contributed by atoms with Crippen LogP contribution in [0.25, 0.3) is 21.5 Å². The van der Waals surface area contributed by atoms with Gasteiger partial charge in [0.05, 0.1) is 0 Å². The van der Waals surface area contributed by atoms with Crippen LogP contribution in [0.15, 0.2) is 42.5 Å². The van der Waals surface area contributed by atoms with Gasteiger partial charge in [-0.25, -0.2) is 0 Å². The first-order valence-electron chi connectivity index (χ1n) is 6.63. The quantitative estimate of drug-likeness (QED) is 0.509. The second-order valence-electron chi connectivity index (χ2n) is 5.03. The molecular formula is C18H18. The van der Waals surface area contributed by atoms with Crippen molar-refractivity contribution in [1.82, 2.24) is 0 Å². The Bertz CT molecular complexity index is 736. The molecule has 0 saturated heterocycles. The Labute approximate surface area is 108 Å². The van der Waals surface area contributed by atoms with Crippen LogP contribution in [0.4, 0.5) is 0 Å². The highest BCUT2D eigenvalue weighted by atomic mass is 14.1. The number of aryl methyl sites for hydroxylation is 3. The first-order chi connectivity index (χ1) is 8.72. The van der Waals surface area contributed by atoms with Crippen molar-refractivity contribution in [3.8, 4) is 0 Å². The lowest BCUT2D eigenvalue weighted by Gasteiger charge is -2.12. The van der Waals surface area contributed by atoms with E-state index >= 15 is 0 Å². The van der Waals surface area contributed by atoms with Crippen molar-refractivity contribution in [2.24, 2.45) is 0 Å². The normalized spacial score (nSPS) is 11.3. The van der Waals surface area contributed by atoms with Crippen LogP contribution in [0, 0.1) is 13.8 Å². The molecular weight excluding hydrogens is 216 g/mol. The van der Waals surface area contributed by atoms with E-state index in [9.17, 15) is 0 Å². The maximum absolute atomic E-state index is 2.35. The van der Waals surface area contributed by atoms with Crippen LogP contribution in [0.1, 0.15) is 23.6 Å². The van der Waals surface area contributed by atoms with E-state index in [2.05, 4.69) is 63.2 Å². The van der Waals surface area contributed by atoms with Crippen LogP contribution in [0.3, 0.4) is 0 Å². The first-order valence-corrected chi connectivity index (χ1v) is 6.63. The summed E-state index contributed by atoms with van der Waals surface area (Å²) in [6.07, 6.45) is 1.09. The summed E-state index contributed by atoms with van der Waals surface area (Å²) in [6, 6.07) is 15.6. The summed E-state index contributed by atoms with van der Waals surface area (Å²) in [6.45, 7) is 6.67. The van der Waals surface area contributed by atoms with E-state index in [0.29, 0.717) is 0 Å². The molecule has 0 heteroatoms. The highest BCUT2D eigenvalue weighted by Gasteiger charge is 2.08. The molecule has 3 aromatic rings. The number of hydrogen-bond donors (Lipinski definition) is 0. The topological polar surface area (TPSA) is 0 Å². The number of benzene rings is 3. The average molecular weight is 234 g/mol. The van der Waals surface area contributed by atoms with Gasteiger partial charge >= 0.3 is 0 Å². The fraction of sp³-hybridized carbons (Fsp3) is 0.222. The first kappa shape index (κ1) is 11.3. The molecule has 3 rings (SSSR count). The molecule has 0 aromatic heterocycles. The minimum absolute atomic E-state index is 1.09. The summed E-state index contributed by atoms with van der Waals surface area (Å²) in [5, 5.41) is 5.55. The molecule has 0 amide bonds. The third-order valence-corrected chi connectivity index (χ3v) is 4.08. The Morgan fingerprint density at radius 1 is 0.722 bits per heavy atom. The number of rotatable bonds is 1. The van der Waals surface area contributed by atoms with E-state index in [-0.39, 0.29) is 0 Å². The zero-order valence-corrected chi connectivity index (χ0v) is 11.2. The van der Waals surface area contributed by atoms with E-state index in [1.165, 1.54) is 38.2 Å². The number of hydrogen-bond acceptors (Lipinski definition) is 0. The molecule has 0 nitrogen and oxygen atoms in total. The zero-order valence-electron chi connectivity index (χ0n) is 11.2. The molecule has 0 heterocycles. The van der Waals surface area contributed by atoms with Gasteiger partial charge in [-0.2, -0.15) is 0 Å². The van der Waals surface area contributed by atoms with Gasteiger partial charge in [0.15, 0.2) is 0 Å². The Hall–Kier alpha value is -1.82. The van der Waals surface area contributed by atoms with Crippen molar-refractivity contribution in [3.05, 3.63) is 59.2 Å². The van der Waals surface area contributed by atoms with Crippen molar-refractivity contribution in [1.29, 1.82) is 0 Å². The Kier molecular flexibility index (Phi) is 2.59. The molecule has 0 N–H and O–H groups in total. The van der Waals surface area contributed by atoms with Crippen molar-refractivity contribution >= 4 is 21.5 Å². The lowest BCUT2D eigenvalue weighted by molar-refractivity contribution is 1.15. The molecule has 0 fully saturated rings. The standard InChI is InChI=1S/C18H18/c1-4-14-9-10-16-13(3)12(2)15-7-5-6-8-17(15)18(16)11-14/h5-11H,4H2,1-3H3. The van der Waals surface area contributed by atoms with Gasteiger partial charge in [-0.1, -0.05) is 49.4 Å². The summed E-state index contributed by atoms with van der Waals surface area (Å²) in [5.74, 6) is 0. The van der Waals surface area contributed by atoms with Crippen LogP contribution in [-0.2, 0) is 6.42 Å². The second kappa shape index (κ2) is 4.13. The minimum atomic E-state index is 1.09. The van der Waals surface area contributed by atoms with Gasteiger partial charge in [0.2, 0.25) is 0 Å². The van der Waals surface area contributed by atoms with Gasteiger partial charge < -0.3 is 0 Å². The SMILES string of the molecule is CCc1ccc2c(C)c(C)c3ccccc3c2c1. The summed E-state index contributed by atoms with van der Waals surface area (Å²) >= 11 is 0. The monoisotopic (exact) mass is 234 g/mol. The molecule has 3 aromatic carbocycles. The largest absolute Gasteiger partial charge is 0.0616 e. The van der Waals surface area contributed by atoms with Gasteiger partial charge in [-0.15, -0.1) is 0 Å². The third kappa shape index (κ3) is 1.53. The van der Waals surface area contributed by atoms with Gasteiger partial charge in [0, 0.05) is 0 Å². The van der Waals surface area contributed by atoms with Crippen molar-refractivity contribution in [2.45, 2.75) is 27.2 Å². The Morgan fingerprint density at radius 2 is 1.33 bits per heavy atom. The minimum Gasteiger partial charge on any atom is -0.0616 e. The molecule has 0 aliphatic rings. The molecule has 0 aliphatic heterocycles. The molecule has 0 unspecified atom stereocenters. The maximum Gasteiger partial charge on any atom is -0.00998 e. The highest BCUT2D eigenvalue weighted by molar-refractivity contribution is 6.10. The molecule has 0 bridgehead atoms. The average Bonchev–Trinajstić information content (AvgIpc) is 2.44. The maximum atomic E-state index is 2.35. The van der Waals surface area contributed by atoms with Crippen LogP contribution < -0.4 is 0 Å². The van der Waals surface area contributed by atoms with E-state index in [0.717, 1.165) is 6.42 Å². The predicted octanol–water partition coefficient (Wildman–Crippen LogP) is 5.17. The summed E-state index contributed by atoms with van der Waals surface area (Å²) in [7, 11) is 0. The molecule has 90 valence electrons. The van der Waals surface area contributed by atoms with Gasteiger partial charge in [0.25, 0.3) is 0 Å². The fourth-order valence-electron chi connectivity index (χ4n) is 2.81. The van der Waals surface area contributed by atoms with Crippen LogP contribution >= 0.6 is 0 Å². The Balaban J connectivity index is 2.57. The molecule has 0 saturated carbocycles. The molecule has 0 spiro atoms. The van der Waals surface area contributed by atoms with Crippen molar-refractivity contribution in [2.75, 3.05) is 0 Å². The summed E-state index contributed by atoms with van der Waals surface area (Å²) < 4.78 is 0. The summed E-state index contributed by atoms with van der Waals surface area (Å²) in [5.41, 5.74) is 4.23. The van der Waals surface area contributed by atoms with Gasteiger partial charge in [0.1, 0.15) is 0 Å². The highest BCUT2D eigenvalue weighted by Crippen LogP contribution is 2.32. The lowest BCUT2D eigenvalue weighted by atomic mass is 9.92. The summed E-state index contributed by atoms with van der Waals surface area (Å²) in [4.78, 5) is 0. The van der Waals surface area contributed by atoms with Crippen molar-refractivity contribution in [3.63, 3.8) is 0 Å². The predicted molar refractivity (Wildman–Crippen MR) is 80.3 cm³/mol. The van der Waals surface area contributed by atoms with Crippen LogP contribution in [0.5, 0.6) is 0 Å². The molecule has 0 aliphatic carbocycles. The van der Waals surface area contributed by atoms with E-state index in [1.807, 2.05) is 0 Å².